The van der Waals surface area contributed by atoms with E-state index in [1.54, 1.807) is 4.90 Å². The summed E-state index contributed by atoms with van der Waals surface area (Å²) in [5, 5.41) is 0. The minimum Gasteiger partial charge on any atom is -0.454 e. The van der Waals surface area contributed by atoms with E-state index in [0.717, 1.165) is 22.6 Å². The van der Waals surface area contributed by atoms with E-state index >= 15 is 0 Å². The van der Waals surface area contributed by atoms with E-state index in [1.807, 2.05) is 67.5 Å². The highest BCUT2D eigenvalue weighted by atomic mass is 32.2. The fraction of sp³-hybridized carbons (Fsp3) is 0.200. The highest BCUT2D eigenvalue weighted by Gasteiger charge is 2.32. The van der Waals surface area contributed by atoms with Crippen LogP contribution in [0.4, 0.5) is 5.69 Å². The lowest BCUT2D eigenvalue weighted by molar-refractivity contribution is -0.122. The predicted octanol–water partition coefficient (Wildman–Crippen LogP) is 3.88. The molecule has 1 fully saturated rings. The molecule has 0 unspecified atom stereocenters. The van der Waals surface area contributed by atoms with Crippen LogP contribution in [0.2, 0.25) is 0 Å². The van der Waals surface area contributed by atoms with Crippen molar-refractivity contribution in [1.29, 1.82) is 0 Å². The summed E-state index contributed by atoms with van der Waals surface area (Å²) in [6.07, 6.45) is 1.89. The number of benzene rings is 2. The van der Waals surface area contributed by atoms with E-state index in [-0.39, 0.29) is 12.7 Å². The second kappa shape index (κ2) is 7.25. The van der Waals surface area contributed by atoms with Crippen LogP contribution in [0.3, 0.4) is 0 Å². The summed E-state index contributed by atoms with van der Waals surface area (Å²) in [7, 11) is 3.99. The minimum atomic E-state index is -0.0700. The van der Waals surface area contributed by atoms with Gasteiger partial charge in [-0.3, -0.25) is 9.69 Å². The number of carbonyl (C=O) groups excluding carboxylic acids is 1. The first-order valence-corrected chi connectivity index (χ1v) is 9.65. The first kappa shape index (κ1) is 17.9. The number of anilines is 1. The van der Waals surface area contributed by atoms with E-state index < -0.39 is 0 Å². The van der Waals surface area contributed by atoms with E-state index in [9.17, 15) is 4.79 Å². The zero-order valence-corrected chi connectivity index (χ0v) is 16.6. The second-order valence-corrected chi connectivity index (χ2v) is 8.12. The standard InChI is InChI=1S/C20H18N2O3S2/c1-21(2)15-6-3-13(4-7-15)10-18-19(23)22(20(26)27-18)11-14-5-8-16-17(9-14)25-12-24-16/h3-10H,11-12H2,1-2H3/b18-10+. The van der Waals surface area contributed by atoms with Gasteiger partial charge < -0.3 is 14.4 Å². The van der Waals surface area contributed by atoms with Gasteiger partial charge in [0.25, 0.3) is 5.91 Å². The molecule has 0 atom stereocenters. The van der Waals surface area contributed by atoms with E-state index in [2.05, 4.69) is 0 Å². The van der Waals surface area contributed by atoms with Crippen LogP contribution < -0.4 is 14.4 Å². The Morgan fingerprint density at radius 1 is 1.15 bits per heavy atom. The van der Waals surface area contributed by atoms with Crippen LogP contribution in [-0.4, -0.2) is 36.0 Å². The largest absolute Gasteiger partial charge is 0.454 e. The van der Waals surface area contributed by atoms with Crippen LogP contribution in [-0.2, 0) is 11.3 Å². The third-order valence-electron chi connectivity index (χ3n) is 4.36. The van der Waals surface area contributed by atoms with Crippen LogP contribution >= 0.6 is 24.0 Å². The highest BCUT2D eigenvalue weighted by molar-refractivity contribution is 8.26. The highest BCUT2D eigenvalue weighted by Crippen LogP contribution is 2.36. The predicted molar refractivity (Wildman–Crippen MR) is 112 cm³/mol. The van der Waals surface area contributed by atoms with Gasteiger partial charge in [-0.05, 0) is 41.5 Å². The number of amides is 1. The number of nitrogens with zero attached hydrogens (tertiary/aromatic N) is 2. The lowest BCUT2D eigenvalue weighted by Crippen LogP contribution is -2.27. The maximum absolute atomic E-state index is 12.8. The second-order valence-electron chi connectivity index (χ2n) is 6.44. The Hall–Kier alpha value is -2.51. The molecule has 0 radical (unpaired) electrons. The van der Waals surface area contributed by atoms with E-state index in [4.69, 9.17) is 21.7 Å². The number of fused-ring (bicyclic) bond motifs is 1. The topological polar surface area (TPSA) is 42.0 Å². The molecule has 0 spiro atoms. The Morgan fingerprint density at radius 2 is 1.89 bits per heavy atom. The SMILES string of the molecule is CN(C)c1ccc(/C=C2/SC(=S)N(Cc3ccc4c(c3)OCO4)C2=O)cc1. The van der Waals surface area contributed by atoms with E-state index in [0.29, 0.717) is 21.5 Å². The van der Waals surface area contributed by atoms with Gasteiger partial charge in [0.15, 0.2) is 11.5 Å². The Kier molecular flexibility index (Phi) is 4.80. The summed E-state index contributed by atoms with van der Waals surface area (Å²) in [5.41, 5.74) is 3.04. The molecular formula is C20H18N2O3S2. The fourth-order valence-corrected chi connectivity index (χ4v) is 4.13. The Balaban J connectivity index is 1.51. The molecule has 0 bridgehead atoms. The zero-order valence-electron chi connectivity index (χ0n) is 15.0. The molecule has 2 heterocycles. The Labute approximate surface area is 167 Å². The lowest BCUT2D eigenvalue weighted by Gasteiger charge is -2.14. The lowest BCUT2D eigenvalue weighted by atomic mass is 10.1. The van der Waals surface area contributed by atoms with Gasteiger partial charge in [-0.25, -0.2) is 0 Å². The molecule has 7 heteroatoms. The van der Waals surface area contributed by atoms with Gasteiger partial charge in [0, 0.05) is 19.8 Å². The van der Waals surface area contributed by atoms with Crippen molar-refractivity contribution in [2.24, 2.45) is 0 Å². The van der Waals surface area contributed by atoms with Gasteiger partial charge in [-0.2, -0.15) is 0 Å². The summed E-state index contributed by atoms with van der Waals surface area (Å²) in [5.74, 6) is 1.36. The zero-order chi connectivity index (χ0) is 19.0. The third kappa shape index (κ3) is 3.65. The van der Waals surface area contributed by atoms with Gasteiger partial charge in [-0.15, -0.1) is 0 Å². The summed E-state index contributed by atoms with van der Waals surface area (Å²) in [4.78, 5) is 17.1. The van der Waals surface area contributed by atoms with Crippen LogP contribution in [0, 0.1) is 0 Å². The van der Waals surface area contributed by atoms with Crippen molar-refractivity contribution < 1.29 is 14.3 Å². The number of rotatable bonds is 4. The molecule has 0 aromatic heterocycles. The number of hydrogen-bond acceptors (Lipinski definition) is 6. The van der Waals surface area contributed by atoms with Gasteiger partial charge in [0.1, 0.15) is 4.32 Å². The van der Waals surface area contributed by atoms with Crippen molar-refractivity contribution in [2.75, 3.05) is 25.8 Å². The Morgan fingerprint density at radius 3 is 2.63 bits per heavy atom. The summed E-state index contributed by atoms with van der Waals surface area (Å²) in [6, 6.07) is 13.7. The van der Waals surface area contributed by atoms with Gasteiger partial charge in [-0.1, -0.05) is 42.2 Å². The normalized spacial score (nSPS) is 17.1. The monoisotopic (exact) mass is 398 g/mol. The van der Waals surface area contributed by atoms with Crippen molar-refractivity contribution in [1.82, 2.24) is 4.90 Å². The summed E-state index contributed by atoms with van der Waals surface area (Å²) < 4.78 is 11.3. The van der Waals surface area contributed by atoms with Crippen molar-refractivity contribution in [3.63, 3.8) is 0 Å². The maximum Gasteiger partial charge on any atom is 0.266 e. The average Bonchev–Trinajstić information content (AvgIpc) is 3.22. The molecule has 5 nitrogen and oxygen atoms in total. The van der Waals surface area contributed by atoms with Crippen LogP contribution in [0.25, 0.3) is 6.08 Å². The molecule has 0 aliphatic carbocycles. The minimum absolute atomic E-state index is 0.0700. The molecule has 0 N–H and O–H groups in total. The molecule has 1 amide bonds. The van der Waals surface area contributed by atoms with Crippen LogP contribution in [0.15, 0.2) is 47.4 Å². The number of thioether (sulfide) groups is 1. The third-order valence-corrected chi connectivity index (χ3v) is 5.74. The molecule has 4 rings (SSSR count). The van der Waals surface area contributed by atoms with Gasteiger partial charge >= 0.3 is 0 Å². The number of carbonyl (C=O) groups is 1. The number of thiocarbonyl (C=S) groups is 1. The molecule has 0 saturated carbocycles. The molecular weight excluding hydrogens is 380 g/mol. The quantitative estimate of drug-likeness (QED) is 0.575. The fourth-order valence-electron chi connectivity index (χ4n) is 2.88. The molecule has 2 aliphatic heterocycles. The van der Waals surface area contributed by atoms with Crippen LogP contribution in [0.1, 0.15) is 11.1 Å². The molecule has 2 aromatic carbocycles. The first-order valence-electron chi connectivity index (χ1n) is 8.42. The van der Waals surface area contributed by atoms with Gasteiger partial charge in [0.05, 0.1) is 11.4 Å². The van der Waals surface area contributed by atoms with Crippen molar-refractivity contribution in [3.8, 4) is 11.5 Å². The maximum atomic E-state index is 12.8. The smallest absolute Gasteiger partial charge is 0.266 e. The van der Waals surface area contributed by atoms with Crippen LogP contribution in [0.5, 0.6) is 11.5 Å². The summed E-state index contributed by atoms with van der Waals surface area (Å²) >= 11 is 6.76. The van der Waals surface area contributed by atoms with E-state index in [1.165, 1.54) is 11.8 Å². The summed E-state index contributed by atoms with van der Waals surface area (Å²) in [6.45, 7) is 0.646. The van der Waals surface area contributed by atoms with Crippen molar-refractivity contribution in [2.45, 2.75) is 6.54 Å². The number of hydrogen-bond donors (Lipinski definition) is 0. The Bertz CT molecular complexity index is 939. The molecule has 138 valence electrons. The van der Waals surface area contributed by atoms with Crippen molar-refractivity contribution >= 4 is 46.0 Å². The molecule has 27 heavy (non-hydrogen) atoms. The molecule has 2 aliphatic rings. The number of ether oxygens (including phenoxy) is 2. The molecule has 1 saturated heterocycles. The van der Waals surface area contributed by atoms with Crippen molar-refractivity contribution in [3.05, 3.63) is 58.5 Å². The average molecular weight is 399 g/mol. The first-order chi connectivity index (χ1) is 13.0. The molecule has 2 aromatic rings. The van der Waals surface area contributed by atoms with Gasteiger partial charge in [0.2, 0.25) is 6.79 Å².